The zero-order valence-corrected chi connectivity index (χ0v) is 13.6. The summed E-state index contributed by atoms with van der Waals surface area (Å²) in [6.07, 6.45) is 0.169. The van der Waals surface area contributed by atoms with Crippen LogP contribution in [0.1, 0.15) is 24.9 Å². The molecule has 23 heavy (non-hydrogen) atoms. The maximum absolute atomic E-state index is 12.2. The summed E-state index contributed by atoms with van der Waals surface area (Å²) >= 11 is 1.44. The fourth-order valence-corrected chi connectivity index (χ4v) is 3.63. The number of nitrogens with one attached hydrogen (secondary N) is 2. The maximum Gasteiger partial charge on any atom is 0.238 e. The number of amides is 2. The fourth-order valence-electron chi connectivity index (χ4n) is 2.52. The Morgan fingerprint density at radius 2 is 1.87 bits per heavy atom. The molecule has 0 unspecified atom stereocenters. The number of hydrogen-bond acceptors (Lipinski definition) is 3. The highest BCUT2D eigenvalue weighted by molar-refractivity contribution is 8.01. The van der Waals surface area contributed by atoms with Gasteiger partial charge in [-0.05, 0) is 24.6 Å². The molecule has 2 aromatic carbocycles. The van der Waals surface area contributed by atoms with E-state index in [1.54, 1.807) is 0 Å². The molecule has 0 radical (unpaired) electrons. The molecule has 118 valence electrons. The van der Waals surface area contributed by atoms with Crippen LogP contribution in [0.5, 0.6) is 0 Å². The molecule has 1 aliphatic rings. The molecule has 0 aromatic heterocycles. The summed E-state index contributed by atoms with van der Waals surface area (Å²) in [5.41, 5.74) is 1.86. The van der Waals surface area contributed by atoms with Crippen molar-refractivity contribution in [2.24, 2.45) is 0 Å². The summed E-state index contributed by atoms with van der Waals surface area (Å²) in [7, 11) is 0. The molecule has 4 nitrogen and oxygen atoms in total. The minimum atomic E-state index is -0.395. The lowest BCUT2D eigenvalue weighted by Gasteiger charge is -2.24. The van der Waals surface area contributed by atoms with Crippen molar-refractivity contribution in [3.05, 3.63) is 60.2 Å². The van der Waals surface area contributed by atoms with Crippen LogP contribution in [0.3, 0.4) is 0 Å². The summed E-state index contributed by atoms with van der Waals surface area (Å²) in [4.78, 5) is 25.4. The maximum atomic E-state index is 12.2. The molecule has 1 heterocycles. The van der Waals surface area contributed by atoms with Gasteiger partial charge in [0, 0.05) is 11.3 Å². The topological polar surface area (TPSA) is 58.2 Å². The Morgan fingerprint density at radius 3 is 2.65 bits per heavy atom. The number of hydrogen-bond donors (Lipinski definition) is 2. The quantitative estimate of drug-likeness (QED) is 0.906. The molecule has 0 fully saturated rings. The second kappa shape index (κ2) is 6.87. The van der Waals surface area contributed by atoms with E-state index in [-0.39, 0.29) is 24.3 Å². The third-order valence-electron chi connectivity index (χ3n) is 3.75. The van der Waals surface area contributed by atoms with E-state index >= 15 is 0 Å². The highest BCUT2D eigenvalue weighted by Crippen LogP contribution is 2.36. The standard InChI is InChI=1S/C18H18N2O2S/c1-12(13-7-3-2-4-8-13)19-17(21)11-16-18(22)20-14-9-5-6-10-15(14)23-16/h2-10,12,16H,11H2,1H3,(H,19,21)(H,20,22)/t12-,16+/m1/s1. The zero-order chi connectivity index (χ0) is 16.2. The predicted octanol–water partition coefficient (Wildman–Crippen LogP) is 3.37. The van der Waals surface area contributed by atoms with Crippen molar-refractivity contribution < 1.29 is 9.59 Å². The lowest BCUT2D eigenvalue weighted by Crippen LogP contribution is -2.35. The first kappa shape index (κ1) is 15.6. The number of carbonyl (C=O) groups is 2. The molecular formula is C18H18N2O2S. The van der Waals surface area contributed by atoms with Gasteiger partial charge in [-0.3, -0.25) is 9.59 Å². The molecule has 2 aromatic rings. The van der Waals surface area contributed by atoms with E-state index in [1.165, 1.54) is 11.8 Å². The van der Waals surface area contributed by atoms with Crippen molar-refractivity contribution in [2.75, 3.05) is 5.32 Å². The third kappa shape index (κ3) is 3.74. The Morgan fingerprint density at radius 1 is 1.17 bits per heavy atom. The van der Waals surface area contributed by atoms with E-state index in [0.29, 0.717) is 0 Å². The predicted molar refractivity (Wildman–Crippen MR) is 92.3 cm³/mol. The van der Waals surface area contributed by atoms with Crippen LogP contribution in [-0.4, -0.2) is 17.1 Å². The first-order valence-electron chi connectivity index (χ1n) is 7.54. The Kier molecular flexibility index (Phi) is 4.67. The summed E-state index contributed by atoms with van der Waals surface area (Å²) in [5.74, 6) is -0.232. The lowest BCUT2D eigenvalue weighted by atomic mass is 10.1. The van der Waals surface area contributed by atoms with Crippen molar-refractivity contribution in [2.45, 2.75) is 29.5 Å². The molecule has 3 rings (SSSR count). The summed E-state index contributed by atoms with van der Waals surface area (Å²) in [6, 6.07) is 17.3. The van der Waals surface area contributed by atoms with E-state index in [9.17, 15) is 9.59 Å². The number of benzene rings is 2. The molecule has 0 saturated carbocycles. The number of para-hydroxylation sites is 1. The SMILES string of the molecule is C[C@@H](NC(=O)C[C@@H]1Sc2ccccc2NC1=O)c1ccccc1. The summed E-state index contributed by atoms with van der Waals surface area (Å²) < 4.78 is 0. The van der Waals surface area contributed by atoms with E-state index < -0.39 is 5.25 Å². The first-order valence-corrected chi connectivity index (χ1v) is 8.42. The van der Waals surface area contributed by atoms with Gasteiger partial charge in [0.15, 0.2) is 0 Å². The van der Waals surface area contributed by atoms with Crippen molar-refractivity contribution in [1.29, 1.82) is 0 Å². The van der Waals surface area contributed by atoms with Crippen LogP contribution in [0.2, 0.25) is 0 Å². The Hall–Kier alpha value is -2.27. The molecule has 0 aliphatic carbocycles. The summed E-state index contributed by atoms with van der Waals surface area (Å²) in [6.45, 7) is 1.94. The van der Waals surface area contributed by atoms with Gasteiger partial charge in [-0.25, -0.2) is 0 Å². The van der Waals surface area contributed by atoms with Gasteiger partial charge in [-0.1, -0.05) is 42.5 Å². The average molecular weight is 326 g/mol. The van der Waals surface area contributed by atoms with Crippen LogP contribution in [0.15, 0.2) is 59.5 Å². The Labute approximate surface area is 139 Å². The van der Waals surface area contributed by atoms with Gasteiger partial charge in [-0.2, -0.15) is 0 Å². The Balaban J connectivity index is 1.61. The van der Waals surface area contributed by atoms with E-state index in [4.69, 9.17) is 0 Å². The number of rotatable bonds is 4. The number of fused-ring (bicyclic) bond motifs is 1. The lowest BCUT2D eigenvalue weighted by molar-refractivity contribution is -0.124. The molecule has 2 amide bonds. The molecule has 0 spiro atoms. The van der Waals surface area contributed by atoms with Gasteiger partial charge in [0.05, 0.1) is 17.0 Å². The highest BCUT2D eigenvalue weighted by Gasteiger charge is 2.29. The molecule has 5 heteroatoms. The first-order chi connectivity index (χ1) is 11.1. The zero-order valence-electron chi connectivity index (χ0n) is 12.8. The van der Waals surface area contributed by atoms with Gasteiger partial charge in [0.1, 0.15) is 0 Å². The minimum absolute atomic E-state index is 0.0763. The average Bonchev–Trinajstić information content (AvgIpc) is 2.56. The van der Waals surface area contributed by atoms with Crippen molar-refractivity contribution in [3.63, 3.8) is 0 Å². The Bertz CT molecular complexity index is 718. The second-order valence-electron chi connectivity index (χ2n) is 5.50. The van der Waals surface area contributed by atoms with E-state index in [1.807, 2.05) is 61.5 Å². The molecule has 1 aliphatic heterocycles. The van der Waals surface area contributed by atoms with Crippen LogP contribution in [0.4, 0.5) is 5.69 Å². The van der Waals surface area contributed by atoms with Gasteiger partial charge in [-0.15, -0.1) is 11.8 Å². The van der Waals surface area contributed by atoms with Crippen LogP contribution in [0.25, 0.3) is 0 Å². The molecule has 0 bridgehead atoms. The van der Waals surface area contributed by atoms with Crippen molar-refractivity contribution >= 4 is 29.3 Å². The largest absolute Gasteiger partial charge is 0.350 e. The number of anilines is 1. The van der Waals surface area contributed by atoms with Gasteiger partial charge >= 0.3 is 0 Å². The van der Waals surface area contributed by atoms with Crippen LogP contribution in [0, 0.1) is 0 Å². The van der Waals surface area contributed by atoms with Gasteiger partial charge < -0.3 is 10.6 Å². The monoisotopic (exact) mass is 326 g/mol. The van der Waals surface area contributed by atoms with E-state index in [0.717, 1.165) is 16.1 Å². The van der Waals surface area contributed by atoms with Gasteiger partial charge in [0.2, 0.25) is 11.8 Å². The molecule has 0 saturated heterocycles. The molecular weight excluding hydrogens is 308 g/mol. The molecule has 2 N–H and O–H groups in total. The third-order valence-corrected chi connectivity index (χ3v) is 5.03. The van der Waals surface area contributed by atoms with Crippen molar-refractivity contribution in [1.82, 2.24) is 5.32 Å². The van der Waals surface area contributed by atoms with Crippen molar-refractivity contribution in [3.8, 4) is 0 Å². The second-order valence-corrected chi connectivity index (χ2v) is 6.74. The summed E-state index contributed by atoms with van der Waals surface area (Å²) in [5, 5.41) is 5.42. The number of carbonyl (C=O) groups excluding carboxylic acids is 2. The molecule has 2 atom stereocenters. The van der Waals surface area contributed by atoms with Crippen LogP contribution >= 0.6 is 11.8 Å². The normalized spacial score (nSPS) is 17.8. The smallest absolute Gasteiger partial charge is 0.238 e. The van der Waals surface area contributed by atoms with Gasteiger partial charge in [0.25, 0.3) is 0 Å². The fraction of sp³-hybridized carbons (Fsp3) is 0.222. The minimum Gasteiger partial charge on any atom is -0.350 e. The van der Waals surface area contributed by atoms with E-state index in [2.05, 4.69) is 10.6 Å². The van der Waals surface area contributed by atoms with Crippen LogP contribution in [-0.2, 0) is 9.59 Å². The highest BCUT2D eigenvalue weighted by atomic mass is 32.2. The van der Waals surface area contributed by atoms with Crippen LogP contribution < -0.4 is 10.6 Å². The number of thioether (sulfide) groups is 1.